The van der Waals surface area contributed by atoms with E-state index in [9.17, 15) is 0 Å². The number of thiazole rings is 1. The summed E-state index contributed by atoms with van der Waals surface area (Å²) in [4.78, 5) is 6.11. The Labute approximate surface area is 95.9 Å². The molecule has 2 rings (SSSR count). The summed E-state index contributed by atoms with van der Waals surface area (Å²) >= 11 is 1.81. The van der Waals surface area contributed by atoms with Crippen molar-refractivity contribution in [2.45, 2.75) is 57.9 Å². The summed E-state index contributed by atoms with van der Waals surface area (Å²) in [6.45, 7) is 8.71. The van der Waals surface area contributed by atoms with E-state index >= 15 is 0 Å². The minimum atomic E-state index is 0.134. The molecule has 0 radical (unpaired) electrons. The van der Waals surface area contributed by atoms with Crippen LogP contribution in [0.2, 0.25) is 0 Å². The molecule has 0 aromatic carbocycles. The van der Waals surface area contributed by atoms with Gasteiger partial charge < -0.3 is 5.73 Å². The van der Waals surface area contributed by atoms with Gasteiger partial charge >= 0.3 is 0 Å². The fourth-order valence-electron chi connectivity index (χ4n) is 1.64. The van der Waals surface area contributed by atoms with Crippen LogP contribution in [0.1, 0.15) is 68.1 Å². The van der Waals surface area contributed by atoms with Gasteiger partial charge in [0.15, 0.2) is 0 Å². The third kappa shape index (κ3) is 2.23. The molecule has 0 bridgehead atoms. The summed E-state index contributed by atoms with van der Waals surface area (Å²) in [6.07, 6.45) is 2.60. The number of nitrogens with two attached hydrogens (primary N) is 1. The zero-order valence-electron chi connectivity index (χ0n) is 10.0. The Hall–Kier alpha value is -0.410. The zero-order chi connectivity index (χ0) is 11.2. The molecule has 1 aromatic heterocycles. The highest BCUT2D eigenvalue weighted by molar-refractivity contribution is 7.12. The molecule has 0 saturated heterocycles. The Bertz CT molecular complexity index is 337. The van der Waals surface area contributed by atoms with Gasteiger partial charge in [-0.15, -0.1) is 11.3 Å². The van der Waals surface area contributed by atoms with Crippen LogP contribution in [0.3, 0.4) is 0 Å². The lowest BCUT2D eigenvalue weighted by atomic mass is 9.98. The Morgan fingerprint density at radius 3 is 2.40 bits per heavy atom. The second kappa shape index (κ2) is 3.56. The summed E-state index contributed by atoms with van der Waals surface area (Å²) in [6, 6.07) is 0.134. The van der Waals surface area contributed by atoms with Crippen molar-refractivity contribution in [2.75, 3.05) is 0 Å². The van der Waals surface area contributed by atoms with Crippen LogP contribution in [0.4, 0.5) is 0 Å². The van der Waals surface area contributed by atoms with Crippen molar-refractivity contribution in [1.29, 1.82) is 0 Å². The normalized spacial score (nSPS) is 19.3. The molecule has 0 spiro atoms. The highest BCUT2D eigenvalue weighted by atomic mass is 32.1. The van der Waals surface area contributed by atoms with Gasteiger partial charge in [0.05, 0.1) is 10.7 Å². The number of hydrogen-bond donors (Lipinski definition) is 1. The molecule has 1 atom stereocenters. The molecule has 1 heterocycles. The molecule has 2 N–H and O–H groups in total. The largest absolute Gasteiger partial charge is 0.323 e. The van der Waals surface area contributed by atoms with Crippen LogP contribution in [-0.4, -0.2) is 4.98 Å². The second-order valence-corrected chi connectivity index (χ2v) is 6.61. The molecular formula is C12H20N2S. The Morgan fingerprint density at radius 1 is 1.40 bits per heavy atom. The van der Waals surface area contributed by atoms with E-state index < -0.39 is 0 Å². The average molecular weight is 224 g/mol. The molecule has 1 fully saturated rings. The molecular weight excluding hydrogens is 204 g/mol. The first-order chi connectivity index (χ1) is 6.89. The van der Waals surface area contributed by atoms with Crippen molar-refractivity contribution in [3.63, 3.8) is 0 Å². The van der Waals surface area contributed by atoms with Crippen LogP contribution >= 0.6 is 11.3 Å². The van der Waals surface area contributed by atoms with E-state index in [1.807, 2.05) is 0 Å². The van der Waals surface area contributed by atoms with Gasteiger partial charge in [-0.3, -0.25) is 0 Å². The quantitative estimate of drug-likeness (QED) is 0.836. The highest BCUT2D eigenvalue weighted by Crippen LogP contribution is 2.45. The fourth-order valence-corrected chi connectivity index (χ4v) is 2.80. The monoisotopic (exact) mass is 224 g/mol. The fraction of sp³-hybridized carbons (Fsp3) is 0.750. The van der Waals surface area contributed by atoms with Gasteiger partial charge in [-0.1, -0.05) is 20.8 Å². The highest BCUT2D eigenvalue weighted by Gasteiger charge is 2.32. The molecule has 0 amide bonds. The first-order valence-corrected chi connectivity index (χ1v) is 6.48. The summed E-state index contributed by atoms with van der Waals surface area (Å²) in [5.74, 6) is 0.707. The number of rotatable bonds is 2. The van der Waals surface area contributed by atoms with Crippen LogP contribution in [-0.2, 0) is 5.41 Å². The minimum absolute atomic E-state index is 0.134. The number of aromatic nitrogens is 1. The van der Waals surface area contributed by atoms with Crippen molar-refractivity contribution in [2.24, 2.45) is 5.73 Å². The lowest BCUT2D eigenvalue weighted by molar-refractivity contribution is 0.583. The molecule has 3 heteroatoms. The van der Waals surface area contributed by atoms with Crippen molar-refractivity contribution in [1.82, 2.24) is 4.98 Å². The third-order valence-electron chi connectivity index (χ3n) is 2.70. The topological polar surface area (TPSA) is 38.9 Å². The van der Waals surface area contributed by atoms with Gasteiger partial charge in [0.1, 0.15) is 0 Å². The van der Waals surface area contributed by atoms with Gasteiger partial charge in [0.25, 0.3) is 0 Å². The van der Waals surface area contributed by atoms with Gasteiger partial charge in [0, 0.05) is 22.3 Å². The molecule has 15 heavy (non-hydrogen) atoms. The summed E-state index contributed by atoms with van der Waals surface area (Å²) in [7, 11) is 0. The maximum absolute atomic E-state index is 6.01. The third-order valence-corrected chi connectivity index (χ3v) is 4.40. The molecule has 2 nitrogen and oxygen atoms in total. The number of hydrogen-bond acceptors (Lipinski definition) is 3. The van der Waals surface area contributed by atoms with E-state index in [2.05, 4.69) is 27.7 Å². The van der Waals surface area contributed by atoms with Crippen LogP contribution in [0.25, 0.3) is 0 Å². The smallest absolute Gasteiger partial charge is 0.0985 e. The molecule has 0 aliphatic heterocycles. The maximum Gasteiger partial charge on any atom is 0.0985 e. The van der Waals surface area contributed by atoms with Crippen molar-refractivity contribution in [3.05, 3.63) is 15.6 Å². The lowest BCUT2D eigenvalue weighted by Crippen LogP contribution is -2.10. The molecule has 1 aliphatic carbocycles. The van der Waals surface area contributed by atoms with E-state index in [4.69, 9.17) is 10.7 Å². The first-order valence-electron chi connectivity index (χ1n) is 5.66. The first kappa shape index (κ1) is 11.1. The Balaban J connectivity index is 2.40. The van der Waals surface area contributed by atoms with Crippen LogP contribution < -0.4 is 5.73 Å². The van der Waals surface area contributed by atoms with Crippen molar-refractivity contribution in [3.8, 4) is 0 Å². The van der Waals surface area contributed by atoms with Gasteiger partial charge in [-0.25, -0.2) is 4.98 Å². The predicted molar refractivity (Wildman–Crippen MR) is 65.4 cm³/mol. The molecule has 84 valence electrons. The van der Waals surface area contributed by atoms with Gasteiger partial charge in [-0.2, -0.15) is 0 Å². The van der Waals surface area contributed by atoms with Crippen LogP contribution in [0.5, 0.6) is 0 Å². The number of nitrogens with zero attached hydrogens (tertiary/aromatic N) is 1. The van der Waals surface area contributed by atoms with Crippen molar-refractivity contribution >= 4 is 11.3 Å². The molecule has 1 aliphatic rings. The van der Waals surface area contributed by atoms with Crippen LogP contribution in [0.15, 0.2) is 0 Å². The minimum Gasteiger partial charge on any atom is -0.323 e. The van der Waals surface area contributed by atoms with Crippen LogP contribution in [0, 0.1) is 0 Å². The van der Waals surface area contributed by atoms with E-state index in [1.165, 1.54) is 28.4 Å². The van der Waals surface area contributed by atoms with E-state index in [0.717, 1.165) is 0 Å². The SMILES string of the molecule is CC(N)c1sc(C(C)(C)C)nc1C1CC1. The molecule has 1 unspecified atom stereocenters. The maximum atomic E-state index is 6.01. The van der Waals surface area contributed by atoms with E-state index in [1.54, 1.807) is 11.3 Å². The second-order valence-electron chi connectivity index (χ2n) is 5.58. The average Bonchev–Trinajstić information content (AvgIpc) is 2.81. The van der Waals surface area contributed by atoms with E-state index in [-0.39, 0.29) is 11.5 Å². The van der Waals surface area contributed by atoms with Crippen molar-refractivity contribution < 1.29 is 0 Å². The van der Waals surface area contributed by atoms with E-state index in [0.29, 0.717) is 5.92 Å². The Kier molecular flexibility index (Phi) is 2.63. The summed E-state index contributed by atoms with van der Waals surface area (Å²) in [5, 5.41) is 1.23. The predicted octanol–water partition coefficient (Wildman–Crippen LogP) is 3.34. The molecule has 1 aromatic rings. The van der Waals surface area contributed by atoms with Gasteiger partial charge in [-0.05, 0) is 19.8 Å². The lowest BCUT2D eigenvalue weighted by Gasteiger charge is -2.13. The Morgan fingerprint density at radius 2 is 2.00 bits per heavy atom. The van der Waals surface area contributed by atoms with Gasteiger partial charge in [0.2, 0.25) is 0 Å². The summed E-state index contributed by atoms with van der Waals surface area (Å²) < 4.78 is 0. The summed E-state index contributed by atoms with van der Waals surface area (Å²) in [5.41, 5.74) is 7.45. The molecule has 1 saturated carbocycles. The standard InChI is InChI=1S/C12H20N2S/c1-7(13)10-9(8-5-6-8)14-11(15-10)12(2,3)4/h7-8H,5-6,13H2,1-4H3. The zero-order valence-corrected chi connectivity index (χ0v) is 10.8.